The standard InChI is InChI=1S/C25H30N2O4/c1-25(2)16-19-9-10-20(31-5)14-21(19)22(26-25)15-23(28)17-7-6-8-18(13-17)24(29)27(3)11-12-30-4/h6-10,13-15,26H,11-12,16H2,1-5H3. The molecular formula is C25H30N2O4. The largest absolute Gasteiger partial charge is 0.497 e. The van der Waals surface area contributed by atoms with Crippen molar-refractivity contribution in [3.8, 4) is 5.75 Å². The van der Waals surface area contributed by atoms with Crippen molar-refractivity contribution in [2.45, 2.75) is 25.8 Å². The fourth-order valence-corrected chi connectivity index (χ4v) is 3.72. The van der Waals surface area contributed by atoms with Gasteiger partial charge >= 0.3 is 0 Å². The molecule has 6 nitrogen and oxygen atoms in total. The summed E-state index contributed by atoms with van der Waals surface area (Å²) in [6, 6.07) is 12.8. The number of carbonyl (C=O) groups is 2. The van der Waals surface area contributed by atoms with Gasteiger partial charge in [-0.25, -0.2) is 0 Å². The molecule has 6 heteroatoms. The zero-order valence-electron chi connectivity index (χ0n) is 18.8. The van der Waals surface area contributed by atoms with E-state index in [9.17, 15) is 9.59 Å². The molecule has 164 valence electrons. The van der Waals surface area contributed by atoms with Gasteiger partial charge in [0.25, 0.3) is 5.91 Å². The third kappa shape index (κ3) is 5.33. The summed E-state index contributed by atoms with van der Waals surface area (Å²) in [4.78, 5) is 27.3. The van der Waals surface area contributed by atoms with E-state index in [2.05, 4.69) is 19.2 Å². The molecule has 2 aromatic carbocycles. The number of rotatable bonds is 7. The molecule has 0 aromatic heterocycles. The second-order valence-electron chi connectivity index (χ2n) is 8.43. The predicted octanol–water partition coefficient (Wildman–Crippen LogP) is 3.56. The highest BCUT2D eigenvalue weighted by Crippen LogP contribution is 2.32. The Hall–Kier alpha value is -3.12. The molecule has 0 bridgehead atoms. The molecule has 0 atom stereocenters. The van der Waals surface area contributed by atoms with Crippen LogP contribution in [0.2, 0.25) is 0 Å². The molecule has 0 saturated heterocycles. The molecule has 3 rings (SSSR count). The van der Waals surface area contributed by atoms with Crippen molar-refractivity contribution in [3.05, 3.63) is 70.8 Å². The van der Waals surface area contributed by atoms with E-state index in [0.29, 0.717) is 24.3 Å². The number of hydrogen-bond acceptors (Lipinski definition) is 5. The Balaban J connectivity index is 1.91. The van der Waals surface area contributed by atoms with Crippen LogP contribution in [0.4, 0.5) is 0 Å². The van der Waals surface area contributed by atoms with Crippen molar-refractivity contribution >= 4 is 17.4 Å². The van der Waals surface area contributed by atoms with Gasteiger partial charge in [-0.05, 0) is 50.1 Å². The first-order valence-electron chi connectivity index (χ1n) is 10.3. The topological polar surface area (TPSA) is 67.9 Å². The lowest BCUT2D eigenvalue weighted by molar-refractivity contribution is 0.0744. The van der Waals surface area contributed by atoms with Gasteiger partial charge in [0, 0.05) is 54.7 Å². The van der Waals surface area contributed by atoms with E-state index >= 15 is 0 Å². The summed E-state index contributed by atoms with van der Waals surface area (Å²) in [6.07, 6.45) is 2.45. The lowest BCUT2D eigenvalue weighted by Crippen LogP contribution is -2.43. The van der Waals surface area contributed by atoms with Gasteiger partial charge in [0.05, 0.1) is 13.7 Å². The summed E-state index contributed by atoms with van der Waals surface area (Å²) >= 11 is 0. The minimum atomic E-state index is -0.185. The molecule has 2 aromatic rings. The van der Waals surface area contributed by atoms with E-state index in [0.717, 1.165) is 29.0 Å². The van der Waals surface area contributed by atoms with Crippen molar-refractivity contribution in [1.82, 2.24) is 10.2 Å². The lowest BCUT2D eigenvalue weighted by Gasteiger charge is -2.35. The Kier molecular flexibility index (Phi) is 6.81. The van der Waals surface area contributed by atoms with Crippen molar-refractivity contribution < 1.29 is 19.1 Å². The quantitative estimate of drug-likeness (QED) is 0.546. The average molecular weight is 423 g/mol. The van der Waals surface area contributed by atoms with Crippen LogP contribution in [-0.2, 0) is 11.2 Å². The van der Waals surface area contributed by atoms with Crippen LogP contribution < -0.4 is 10.1 Å². The van der Waals surface area contributed by atoms with Crippen molar-refractivity contribution in [2.75, 3.05) is 34.4 Å². The number of ether oxygens (including phenoxy) is 2. The number of benzene rings is 2. The highest BCUT2D eigenvalue weighted by Gasteiger charge is 2.28. The first-order valence-corrected chi connectivity index (χ1v) is 10.3. The third-order valence-corrected chi connectivity index (χ3v) is 5.36. The van der Waals surface area contributed by atoms with Crippen LogP contribution in [-0.4, -0.2) is 56.5 Å². The van der Waals surface area contributed by atoms with Crippen LogP contribution in [0.1, 0.15) is 45.7 Å². The number of ketones is 1. The van der Waals surface area contributed by atoms with Crippen molar-refractivity contribution in [1.29, 1.82) is 0 Å². The van der Waals surface area contributed by atoms with E-state index < -0.39 is 0 Å². The molecule has 1 amide bonds. The van der Waals surface area contributed by atoms with Crippen LogP contribution in [0.25, 0.3) is 5.70 Å². The number of allylic oxidation sites excluding steroid dienone is 1. The molecule has 31 heavy (non-hydrogen) atoms. The lowest BCUT2D eigenvalue weighted by atomic mass is 9.85. The van der Waals surface area contributed by atoms with E-state index in [4.69, 9.17) is 9.47 Å². The van der Waals surface area contributed by atoms with Gasteiger partial charge in [0.1, 0.15) is 5.75 Å². The minimum absolute atomic E-state index is 0.147. The first kappa shape index (κ1) is 22.6. The summed E-state index contributed by atoms with van der Waals surface area (Å²) in [6.45, 7) is 5.15. The first-order chi connectivity index (χ1) is 14.7. The van der Waals surface area contributed by atoms with E-state index in [1.165, 1.54) is 0 Å². The summed E-state index contributed by atoms with van der Waals surface area (Å²) in [5, 5.41) is 3.48. The van der Waals surface area contributed by atoms with E-state index in [1.807, 2.05) is 18.2 Å². The maximum Gasteiger partial charge on any atom is 0.253 e. The molecule has 1 aliphatic heterocycles. The second kappa shape index (κ2) is 9.35. The van der Waals surface area contributed by atoms with Gasteiger partial charge in [0.15, 0.2) is 5.78 Å². The molecule has 0 radical (unpaired) electrons. The van der Waals surface area contributed by atoms with Crippen LogP contribution in [0.3, 0.4) is 0 Å². The Bertz CT molecular complexity index is 1010. The highest BCUT2D eigenvalue weighted by atomic mass is 16.5. The fourth-order valence-electron chi connectivity index (χ4n) is 3.72. The molecule has 1 heterocycles. The van der Waals surface area contributed by atoms with Gasteiger partial charge in [-0.3, -0.25) is 9.59 Å². The third-order valence-electron chi connectivity index (χ3n) is 5.36. The maximum atomic E-state index is 13.1. The number of carbonyl (C=O) groups excluding carboxylic acids is 2. The summed E-state index contributed by atoms with van der Waals surface area (Å²) in [7, 11) is 4.94. The Morgan fingerprint density at radius 1 is 1.13 bits per heavy atom. The zero-order chi connectivity index (χ0) is 22.6. The number of likely N-dealkylation sites (N-methyl/N-ethyl adjacent to an activating group) is 1. The molecule has 1 N–H and O–H groups in total. The highest BCUT2D eigenvalue weighted by molar-refractivity contribution is 6.10. The molecule has 0 aliphatic carbocycles. The molecule has 0 unspecified atom stereocenters. The number of hydrogen-bond donors (Lipinski definition) is 1. The van der Waals surface area contributed by atoms with Crippen molar-refractivity contribution in [2.24, 2.45) is 0 Å². The van der Waals surface area contributed by atoms with Crippen LogP contribution in [0, 0.1) is 0 Å². The summed E-state index contributed by atoms with van der Waals surface area (Å²) in [5.74, 6) is 0.430. The van der Waals surface area contributed by atoms with Gasteiger partial charge in [-0.2, -0.15) is 0 Å². The average Bonchev–Trinajstić information content (AvgIpc) is 2.76. The zero-order valence-corrected chi connectivity index (χ0v) is 18.8. The van der Waals surface area contributed by atoms with Crippen molar-refractivity contribution in [3.63, 3.8) is 0 Å². The summed E-state index contributed by atoms with van der Waals surface area (Å²) in [5.41, 5.74) is 3.63. The Labute approximate surface area is 183 Å². The normalized spacial score (nSPS) is 15.7. The smallest absolute Gasteiger partial charge is 0.253 e. The van der Waals surface area contributed by atoms with E-state index in [-0.39, 0.29) is 17.2 Å². The number of methoxy groups -OCH3 is 2. The Morgan fingerprint density at radius 3 is 2.58 bits per heavy atom. The maximum absolute atomic E-state index is 13.1. The van der Waals surface area contributed by atoms with E-state index in [1.54, 1.807) is 56.5 Å². The van der Waals surface area contributed by atoms with Crippen LogP contribution in [0.5, 0.6) is 5.75 Å². The number of amides is 1. The number of nitrogens with zero attached hydrogens (tertiary/aromatic N) is 1. The predicted molar refractivity (Wildman–Crippen MR) is 121 cm³/mol. The minimum Gasteiger partial charge on any atom is -0.497 e. The number of fused-ring (bicyclic) bond motifs is 1. The molecule has 0 fully saturated rings. The Morgan fingerprint density at radius 2 is 1.87 bits per heavy atom. The second-order valence-corrected chi connectivity index (χ2v) is 8.43. The van der Waals surface area contributed by atoms with Crippen LogP contribution in [0.15, 0.2) is 48.5 Å². The van der Waals surface area contributed by atoms with Gasteiger partial charge < -0.3 is 19.7 Å². The molecular weight excluding hydrogens is 392 g/mol. The fraction of sp³-hybridized carbons (Fsp3) is 0.360. The monoisotopic (exact) mass is 422 g/mol. The van der Waals surface area contributed by atoms with Gasteiger partial charge in [-0.15, -0.1) is 0 Å². The van der Waals surface area contributed by atoms with Gasteiger partial charge in [-0.1, -0.05) is 18.2 Å². The van der Waals surface area contributed by atoms with Gasteiger partial charge in [0.2, 0.25) is 0 Å². The number of nitrogens with one attached hydrogen (secondary N) is 1. The van der Waals surface area contributed by atoms with Crippen LogP contribution >= 0.6 is 0 Å². The molecule has 1 aliphatic rings. The molecule has 0 saturated carbocycles. The molecule has 0 spiro atoms. The SMILES string of the molecule is COCCN(C)C(=O)c1cccc(C(=O)C=C2NC(C)(C)Cc3ccc(OC)cc32)c1. The summed E-state index contributed by atoms with van der Waals surface area (Å²) < 4.78 is 10.4.